The van der Waals surface area contributed by atoms with Gasteiger partial charge in [-0.3, -0.25) is 0 Å². The number of alkyl halides is 2. The van der Waals surface area contributed by atoms with Crippen LogP contribution in [0.4, 0.5) is 8.78 Å². The summed E-state index contributed by atoms with van der Waals surface area (Å²) in [6, 6.07) is 0. The smallest absolute Gasteiger partial charge is 0.261 e. The van der Waals surface area contributed by atoms with E-state index >= 15 is 0 Å². The van der Waals surface area contributed by atoms with Crippen LogP contribution in [0.5, 0.6) is 0 Å². The quantitative estimate of drug-likeness (QED) is 0.738. The van der Waals surface area contributed by atoms with Crippen LogP contribution in [-0.4, -0.2) is 25.7 Å². The van der Waals surface area contributed by atoms with Gasteiger partial charge in [0.05, 0.1) is 6.10 Å². The zero-order valence-corrected chi connectivity index (χ0v) is 7.72. The molecule has 1 aliphatic rings. The molecule has 0 radical (unpaired) electrons. The van der Waals surface area contributed by atoms with Crippen molar-refractivity contribution in [3.63, 3.8) is 0 Å². The van der Waals surface area contributed by atoms with E-state index in [0.29, 0.717) is 6.54 Å². The van der Waals surface area contributed by atoms with Gasteiger partial charge in [-0.2, -0.15) is 0 Å². The van der Waals surface area contributed by atoms with Gasteiger partial charge in [-0.15, -0.1) is 0 Å². The fourth-order valence-corrected chi connectivity index (χ4v) is 1.86. The van der Waals surface area contributed by atoms with Gasteiger partial charge in [0, 0.05) is 0 Å². The molecule has 2 unspecified atom stereocenters. The second-order valence-corrected chi connectivity index (χ2v) is 3.54. The van der Waals surface area contributed by atoms with Crippen molar-refractivity contribution in [2.45, 2.75) is 38.2 Å². The first kappa shape index (κ1) is 10.9. The fourth-order valence-electron chi connectivity index (χ4n) is 1.86. The number of hydrogen-bond acceptors (Lipinski definition) is 2. The van der Waals surface area contributed by atoms with E-state index in [1.807, 2.05) is 0 Å². The van der Waals surface area contributed by atoms with E-state index in [1.165, 1.54) is 0 Å². The third-order valence-electron chi connectivity index (χ3n) is 2.58. The molecular weight excluding hydrogens is 176 g/mol. The molecule has 0 saturated heterocycles. The maximum atomic E-state index is 11.9. The lowest BCUT2D eigenvalue weighted by atomic mass is 9.86. The van der Waals surface area contributed by atoms with Crippen molar-refractivity contribution in [2.75, 3.05) is 13.2 Å². The van der Waals surface area contributed by atoms with Crippen LogP contribution in [0.2, 0.25) is 0 Å². The van der Waals surface area contributed by atoms with Crippen LogP contribution in [0.1, 0.15) is 25.7 Å². The molecule has 0 aliphatic heterocycles. The average Bonchev–Trinajstić information content (AvgIpc) is 2.15. The Morgan fingerprint density at radius 2 is 2.00 bits per heavy atom. The highest BCUT2D eigenvalue weighted by molar-refractivity contribution is 4.76. The molecule has 0 heterocycles. The molecule has 1 fully saturated rings. The van der Waals surface area contributed by atoms with Gasteiger partial charge in [0.1, 0.15) is 6.61 Å². The Balaban J connectivity index is 2.27. The zero-order valence-electron chi connectivity index (χ0n) is 7.72. The summed E-state index contributed by atoms with van der Waals surface area (Å²) in [5, 5.41) is 0. The number of rotatable bonds is 4. The predicted octanol–water partition coefficient (Wildman–Crippen LogP) is 1.79. The van der Waals surface area contributed by atoms with Crippen molar-refractivity contribution < 1.29 is 13.5 Å². The van der Waals surface area contributed by atoms with Crippen molar-refractivity contribution in [3.8, 4) is 0 Å². The Morgan fingerprint density at radius 1 is 1.31 bits per heavy atom. The van der Waals surface area contributed by atoms with Crippen molar-refractivity contribution >= 4 is 0 Å². The fraction of sp³-hybridized carbons (Fsp3) is 1.00. The molecule has 0 aromatic heterocycles. The van der Waals surface area contributed by atoms with Gasteiger partial charge < -0.3 is 10.5 Å². The number of hydrogen-bond donors (Lipinski definition) is 1. The van der Waals surface area contributed by atoms with Crippen LogP contribution in [-0.2, 0) is 4.74 Å². The average molecular weight is 193 g/mol. The molecule has 1 aliphatic carbocycles. The van der Waals surface area contributed by atoms with E-state index in [4.69, 9.17) is 10.5 Å². The van der Waals surface area contributed by atoms with E-state index in [2.05, 4.69) is 0 Å². The van der Waals surface area contributed by atoms with E-state index < -0.39 is 13.0 Å². The molecule has 4 heteroatoms. The molecule has 2 N–H and O–H groups in total. The summed E-state index contributed by atoms with van der Waals surface area (Å²) in [5.74, 6) is 0.285. The molecule has 2 atom stereocenters. The molecule has 13 heavy (non-hydrogen) atoms. The Labute approximate surface area is 77.4 Å². The molecule has 1 rings (SSSR count). The molecule has 0 aromatic carbocycles. The third kappa shape index (κ3) is 3.56. The monoisotopic (exact) mass is 193 g/mol. The molecule has 0 aromatic rings. The highest BCUT2D eigenvalue weighted by Gasteiger charge is 2.25. The van der Waals surface area contributed by atoms with Crippen molar-refractivity contribution in [2.24, 2.45) is 11.7 Å². The standard InChI is InChI=1S/C9H17F2NO/c10-9(11)6-13-8-4-2-1-3-7(8)5-12/h7-9H,1-6,12H2. The second-order valence-electron chi connectivity index (χ2n) is 3.54. The highest BCUT2D eigenvalue weighted by atomic mass is 19.3. The first-order chi connectivity index (χ1) is 6.24. The van der Waals surface area contributed by atoms with Gasteiger partial charge in [-0.1, -0.05) is 12.8 Å². The summed E-state index contributed by atoms with van der Waals surface area (Å²) in [4.78, 5) is 0. The van der Waals surface area contributed by atoms with E-state index in [1.54, 1.807) is 0 Å². The lowest BCUT2D eigenvalue weighted by Gasteiger charge is -2.30. The maximum Gasteiger partial charge on any atom is 0.261 e. The van der Waals surface area contributed by atoms with Gasteiger partial charge in [0.25, 0.3) is 6.43 Å². The summed E-state index contributed by atoms with van der Waals surface area (Å²) < 4.78 is 28.8. The SMILES string of the molecule is NCC1CCCCC1OCC(F)F. The number of ether oxygens (including phenoxy) is 1. The summed E-state index contributed by atoms with van der Waals surface area (Å²) in [5.41, 5.74) is 5.53. The topological polar surface area (TPSA) is 35.2 Å². The Hall–Kier alpha value is -0.220. The van der Waals surface area contributed by atoms with Gasteiger partial charge in [0.2, 0.25) is 0 Å². The van der Waals surface area contributed by atoms with E-state index in [0.717, 1.165) is 25.7 Å². The van der Waals surface area contributed by atoms with Crippen LogP contribution in [0.15, 0.2) is 0 Å². The van der Waals surface area contributed by atoms with Crippen LogP contribution >= 0.6 is 0 Å². The van der Waals surface area contributed by atoms with Crippen LogP contribution in [0.3, 0.4) is 0 Å². The van der Waals surface area contributed by atoms with Crippen LogP contribution in [0.25, 0.3) is 0 Å². The normalized spacial score (nSPS) is 29.5. The minimum atomic E-state index is -2.36. The van der Waals surface area contributed by atoms with Crippen LogP contribution in [0, 0.1) is 5.92 Å². The lowest BCUT2D eigenvalue weighted by molar-refractivity contribution is -0.0583. The van der Waals surface area contributed by atoms with Gasteiger partial charge >= 0.3 is 0 Å². The predicted molar refractivity (Wildman–Crippen MR) is 46.8 cm³/mol. The van der Waals surface area contributed by atoms with Gasteiger partial charge in [0.15, 0.2) is 0 Å². The first-order valence-electron chi connectivity index (χ1n) is 4.84. The van der Waals surface area contributed by atoms with E-state index in [9.17, 15) is 8.78 Å². The summed E-state index contributed by atoms with van der Waals surface area (Å²) in [6.45, 7) is 0.106. The molecular formula is C9H17F2NO. The molecule has 0 amide bonds. The lowest BCUT2D eigenvalue weighted by Crippen LogP contribution is -2.34. The minimum absolute atomic E-state index is 0.0345. The molecule has 2 nitrogen and oxygen atoms in total. The Bertz CT molecular complexity index is 144. The Kier molecular flexibility index (Phi) is 4.59. The second kappa shape index (κ2) is 5.50. The van der Waals surface area contributed by atoms with Crippen LogP contribution < -0.4 is 5.73 Å². The Morgan fingerprint density at radius 3 is 2.62 bits per heavy atom. The van der Waals surface area contributed by atoms with E-state index in [-0.39, 0.29) is 12.0 Å². The molecule has 0 bridgehead atoms. The number of halogens is 2. The van der Waals surface area contributed by atoms with Crippen molar-refractivity contribution in [3.05, 3.63) is 0 Å². The number of nitrogens with two attached hydrogens (primary N) is 1. The van der Waals surface area contributed by atoms with Crippen molar-refractivity contribution in [1.29, 1.82) is 0 Å². The van der Waals surface area contributed by atoms with Crippen molar-refractivity contribution in [1.82, 2.24) is 0 Å². The molecule has 1 saturated carbocycles. The molecule has 78 valence electrons. The summed E-state index contributed by atoms with van der Waals surface area (Å²) in [6.07, 6.45) is 1.73. The zero-order chi connectivity index (χ0) is 9.68. The third-order valence-corrected chi connectivity index (χ3v) is 2.58. The first-order valence-corrected chi connectivity index (χ1v) is 4.84. The molecule has 0 spiro atoms. The highest BCUT2D eigenvalue weighted by Crippen LogP contribution is 2.26. The van der Waals surface area contributed by atoms with Gasteiger partial charge in [-0.25, -0.2) is 8.78 Å². The maximum absolute atomic E-state index is 11.9. The minimum Gasteiger partial charge on any atom is -0.372 e. The summed E-state index contributed by atoms with van der Waals surface area (Å²) in [7, 11) is 0. The summed E-state index contributed by atoms with van der Waals surface area (Å²) >= 11 is 0. The largest absolute Gasteiger partial charge is 0.372 e. The van der Waals surface area contributed by atoms with Gasteiger partial charge in [-0.05, 0) is 25.3 Å².